The minimum Gasteiger partial charge on any atom is -0.480 e. The maximum atomic E-state index is 11.9. The number of nitrogens with one attached hydrogen (secondary N) is 1. The van der Waals surface area contributed by atoms with Crippen LogP contribution in [0, 0.1) is 0 Å². The number of amides is 1. The van der Waals surface area contributed by atoms with Crippen molar-refractivity contribution in [2.24, 2.45) is 0 Å². The lowest BCUT2D eigenvalue weighted by atomic mass is 10.1. The number of rotatable bonds is 6. The molecule has 0 aliphatic rings. The van der Waals surface area contributed by atoms with E-state index >= 15 is 0 Å². The summed E-state index contributed by atoms with van der Waals surface area (Å²) in [5, 5.41) is 12.6. The molecule has 1 amide bonds. The number of carbonyl (C=O) groups excluding carboxylic acids is 1. The van der Waals surface area contributed by atoms with Gasteiger partial charge in [-0.05, 0) is 11.6 Å². The van der Waals surface area contributed by atoms with Crippen LogP contribution in [-0.2, 0) is 22.6 Å². The van der Waals surface area contributed by atoms with Crippen molar-refractivity contribution in [3.63, 3.8) is 0 Å². The molecular weight excluding hydrogens is 322 g/mol. The third-order valence-electron chi connectivity index (χ3n) is 3.79. The normalized spacial score (nSPS) is 11.8. The molecule has 25 heavy (non-hydrogen) atoms. The molecule has 0 radical (unpaired) electrons. The molecule has 1 heterocycles. The quantitative estimate of drug-likeness (QED) is 0.719. The molecule has 0 aliphatic carbocycles. The molecule has 1 unspecified atom stereocenters. The van der Waals surface area contributed by atoms with Gasteiger partial charge in [0.25, 0.3) is 0 Å². The van der Waals surface area contributed by atoms with E-state index < -0.39 is 18.1 Å². The summed E-state index contributed by atoms with van der Waals surface area (Å²) < 4.78 is 10.5. The fourth-order valence-corrected chi connectivity index (χ4v) is 2.52. The Morgan fingerprint density at radius 2 is 1.80 bits per heavy atom. The number of ether oxygens (including phenoxy) is 1. The fourth-order valence-electron chi connectivity index (χ4n) is 2.52. The number of carboxylic acids is 1. The summed E-state index contributed by atoms with van der Waals surface area (Å²) in [6.45, 7) is 0.0770. The van der Waals surface area contributed by atoms with Crippen molar-refractivity contribution in [2.45, 2.75) is 19.1 Å². The van der Waals surface area contributed by atoms with Crippen molar-refractivity contribution in [3.05, 3.63) is 72.0 Å². The number of hydrogen-bond donors (Lipinski definition) is 2. The second kappa shape index (κ2) is 7.53. The van der Waals surface area contributed by atoms with Gasteiger partial charge >= 0.3 is 12.1 Å². The maximum absolute atomic E-state index is 11.9. The van der Waals surface area contributed by atoms with E-state index in [1.165, 1.54) is 6.26 Å². The van der Waals surface area contributed by atoms with Gasteiger partial charge in [-0.15, -0.1) is 0 Å². The number of para-hydroxylation sites is 1. The Bertz CT molecular complexity index is 872. The van der Waals surface area contributed by atoms with Crippen LogP contribution in [0.15, 0.2) is 65.3 Å². The summed E-state index contributed by atoms with van der Waals surface area (Å²) in [6, 6.07) is 15.4. The van der Waals surface area contributed by atoms with Crippen molar-refractivity contribution >= 4 is 23.0 Å². The highest BCUT2D eigenvalue weighted by Crippen LogP contribution is 2.22. The number of hydrogen-bond acceptors (Lipinski definition) is 4. The zero-order valence-corrected chi connectivity index (χ0v) is 13.3. The van der Waals surface area contributed by atoms with E-state index in [1.54, 1.807) is 6.07 Å². The summed E-state index contributed by atoms with van der Waals surface area (Å²) >= 11 is 0. The molecule has 6 heteroatoms. The van der Waals surface area contributed by atoms with Crippen molar-refractivity contribution in [1.82, 2.24) is 5.32 Å². The maximum Gasteiger partial charge on any atom is 0.408 e. The average Bonchev–Trinajstić information content (AvgIpc) is 3.03. The zero-order valence-electron chi connectivity index (χ0n) is 13.3. The third kappa shape index (κ3) is 4.17. The Morgan fingerprint density at radius 1 is 1.08 bits per heavy atom. The van der Waals surface area contributed by atoms with E-state index in [1.807, 2.05) is 48.5 Å². The number of carboxylic acid groups (broad SMARTS) is 1. The van der Waals surface area contributed by atoms with E-state index in [0.29, 0.717) is 11.1 Å². The molecule has 1 aromatic heterocycles. The standard InChI is InChI=1S/C19H17NO5/c21-18(22)16(10-14-12-24-17-9-5-4-8-15(14)17)20-19(23)25-11-13-6-2-1-3-7-13/h1-9,12,16H,10-11H2,(H,20,23)(H,21,22). The first-order valence-corrected chi connectivity index (χ1v) is 7.78. The van der Waals surface area contributed by atoms with Crippen molar-refractivity contribution in [3.8, 4) is 0 Å². The van der Waals surface area contributed by atoms with E-state index in [0.717, 1.165) is 10.9 Å². The smallest absolute Gasteiger partial charge is 0.408 e. The van der Waals surface area contributed by atoms with Gasteiger partial charge < -0.3 is 19.6 Å². The van der Waals surface area contributed by atoms with Crippen LogP contribution in [0.5, 0.6) is 0 Å². The highest BCUT2D eigenvalue weighted by molar-refractivity contribution is 5.84. The minimum absolute atomic E-state index is 0.0770. The second-order valence-electron chi connectivity index (χ2n) is 5.56. The first-order chi connectivity index (χ1) is 12.1. The molecule has 0 aliphatic heterocycles. The van der Waals surface area contributed by atoms with Gasteiger partial charge in [0.2, 0.25) is 0 Å². The molecule has 0 saturated heterocycles. The Morgan fingerprint density at radius 3 is 2.56 bits per heavy atom. The third-order valence-corrected chi connectivity index (χ3v) is 3.79. The Hall–Kier alpha value is -3.28. The summed E-state index contributed by atoms with van der Waals surface area (Å²) in [4.78, 5) is 23.4. The summed E-state index contributed by atoms with van der Waals surface area (Å²) in [5.41, 5.74) is 2.21. The lowest BCUT2D eigenvalue weighted by molar-refractivity contribution is -0.139. The summed E-state index contributed by atoms with van der Waals surface area (Å²) in [7, 11) is 0. The van der Waals surface area contributed by atoms with Gasteiger partial charge in [-0.2, -0.15) is 0 Å². The molecule has 128 valence electrons. The van der Waals surface area contributed by atoms with E-state index in [2.05, 4.69) is 5.32 Å². The van der Waals surface area contributed by atoms with Crippen molar-refractivity contribution < 1.29 is 23.8 Å². The van der Waals surface area contributed by atoms with Gasteiger partial charge in [0, 0.05) is 17.4 Å². The lowest BCUT2D eigenvalue weighted by Gasteiger charge is -2.14. The molecule has 0 spiro atoms. The number of furan rings is 1. The molecule has 0 saturated carbocycles. The Labute approximate surface area is 144 Å². The molecule has 0 fully saturated rings. The van der Waals surface area contributed by atoms with Crippen LogP contribution in [0.25, 0.3) is 11.0 Å². The van der Waals surface area contributed by atoms with Gasteiger partial charge in [-0.25, -0.2) is 9.59 Å². The molecular formula is C19H17NO5. The van der Waals surface area contributed by atoms with Crippen LogP contribution >= 0.6 is 0 Å². The van der Waals surface area contributed by atoms with Gasteiger partial charge in [0.15, 0.2) is 0 Å². The first kappa shape index (κ1) is 16.6. The van der Waals surface area contributed by atoms with E-state index in [9.17, 15) is 14.7 Å². The number of alkyl carbamates (subject to hydrolysis) is 1. The van der Waals surface area contributed by atoms with E-state index in [-0.39, 0.29) is 13.0 Å². The second-order valence-corrected chi connectivity index (χ2v) is 5.56. The predicted octanol–water partition coefficient (Wildman–Crippen LogP) is 3.35. The molecule has 6 nitrogen and oxygen atoms in total. The van der Waals surface area contributed by atoms with Crippen LogP contribution in [0.4, 0.5) is 4.79 Å². The van der Waals surface area contributed by atoms with E-state index in [4.69, 9.17) is 9.15 Å². The number of benzene rings is 2. The minimum atomic E-state index is -1.14. The number of carbonyl (C=O) groups is 2. The Balaban J connectivity index is 1.63. The lowest BCUT2D eigenvalue weighted by Crippen LogP contribution is -2.42. The first-order valence-electron chi connectivity index (χ1n) is 7.78. The topological polar surface area (TPSA) is 88.8 Å². The Kier molecular flexibility index (Phi) is 4.99. The molecule has 3 rings (SSSR count). The molecule has 2 aromatic carbocycles. The number of fused-ring (bicyclic) bond motifs is 1. The highest BCUT2D eigenvalue weighted by atomic mass is 16.5. The molecule has 0 bridgehead atoms. The van der Waals surface area contributed by atoms with Crippen LogP contribution in [0.1, 0.15) is 11.1 Å². The largest absolute Gasteiger partial charge is 0.480 e. The average molecular weight is 339 g/mol. The van der Waals surface area contributed by atoms with Crippen LogP contribution in [0.2, 0.25) is 0 Å². The van der Waals surface area contributed by atoms with Crippen LogP contribution in [0.3, 0.4) is 0 Å². The predicted molar refractivity (Wildman–Crippen MR) is 91.1 cm³/mol. The van der Waals surface area contributed by atoms with Gasteiger partial charge in [0.05, 0.1) is 6.26 Å². The van der Waals surface area contributed by atoms with Gasteiger partial charge in [-0.3, -0.25) is 0 Å². The van der Waals surface area contributed by atoms with Gasteiger partial charge in [-0.1, -0.05) is 48.5 Å². The molecule has 1 atom stereocenters. The van der Waals surface area contributed by atoms with Crippen molar-refractivity contribution in [2.75, 3.05) is 0 Å². The summed E-state index contributed by atoms with van der Waals surface area (Å²) in [6.07, 6.45) is 0.841. The molecule has 3 aromatic rings. The highest BCUT2D eigenvalue weighted by Gasteiger charge is 2.23. The SMILES string of the molecule is O=C(NC(Cc1coc2ccccc12)C(=O)O)OCc1ccccc1. The summed E-state index contributed by atoms with van der Waals surface area (Å²) in [5.74, 6) is -1.14. The fraction of sp³-hybridized carbons (Fsp3) is 0.158. The number of aliphatic carboxylic acids is 1. The molecule has 2 N–H and O–H groups in total. The van der Waals surface area contributed by atoms with Crippen LogP contribution in [-0.4, -0.2) is 23.2 Å². The van der Waals surface area contributed by atoms with Crippen LogP contribution < -0.4 is 5.32 Å². The van der Waals surface area contributed by atoms with Gasteiger partial charge in [0.1, 0.15) is 18.2 Å². The van der Waals surface area contributed by atoms with Crippen molar-refractivity contribution in [1.29, 1.82) is 0 Å². The monoisotopic (exact) mass is 339 g/mol. The zero-order chi connectivity index (χ0) is 17.6.